The number of hydrogen-bond acceptors (Lipinski definition) is 6. The van der Waals surface area contributed by atoms with Gasteiger partial charge in [0.1, 0.15) is 18.0 Å². The first-order chi connectivity index (χ1) is 14.0. The summed E-state index contributed by atoms with van der Waals surface area (Å²) in [5.74, 6) is 0.359. The Hall–Kier alpha value is -2.70. The number of esters is 1. The third-order valence-electron chi connectivity index (χ3n) is 5.89. The molecule has 1 aliphatic heterocycles. The number of methoxy groups -OCH3 is 1. The van der Waals surface area contributed by atoms with Crippen LogP contribution in [-0.2, 0) is 14.3 Å². The molecule has 1 fully saturated rings. The van der Waals surface area contributed by atoms with Crippen LogP contribution in [-0.4, -0.2) is 52.5 Å². The van der Waals surface area contributed by atoms with E-state index in [0.717, 1.165) is 16.5 Å². The van der Waals surface area contributed by atoms with Gasteiger partial charge in [0.05, 0.1) is 24.6 Å². The van der Waals surface area contributed by atoms with Crippen LogP contribution in [0.4, 0.5) is 0 Å². The number of nitrogens with zero attached hydrogens (tertiary/aromatic N) is 3. The molecule has 1 unspecified atom stereocenters. The maximum absolute atomic E-state index is 13.2. The second-order valence-electron chi connectivity index (χ2n) is 9.19. The lowest BCUT2D eigenvalue weighted by atomic mass is 9.81. The minimum absolute atomic E-state index is 0.0661. The van der Waals surface area contributed by atoms with Crippen molar-refractivity contribution in [3.63, 3.8) is 0 Å². The van der Waals surface area contributed by atoms with Crippen LogP contribution in [0.1, 0.15) is 45.5 Å². The van der Waals surface area contributed by atoms with Crippen molar-refractivity contribution in [1.29, 1.82) is 0 Å². The van der Waals surface area contributed by atoms with E-state index in [1.165, 1.54) is 7.11 Å². The van der Waals surface area contributed by atoms with E-state index < -0.39 is 12.0 Å². The first kappa shape index (κ1) is 22.0. The van der Waals surface area contributed by atoms with Gasteiger partial charge in [-0.2, -0.15) is 4.98 Å². The van der Waals surface area contributed by atoms with Gasteiger partial charge in [0.15, 0.2) is 0 Å². The lowest BCUT2D eigenvalue weighted by Crippen LogP contribution is -2.46. The Kier molecular flexibility index (Phi) is 6.01. The van der Waals surface area contributed by atoms with Crippen LogP contribution in [0.5, 0.6) is 5.88 Å². The molecule has 0 bridgehead atoms. The molecule has 0 N–H and O–H groups in total. The van der Waals surface area contributed by atoms with E-state index in [1.54, 1.807) is 4.90 Å². The van der Waals surface area contributed by atoms with Crippen molar-refractivity contribution in [2.45, 2.75) is 60.1 Å². The van der Waals surface area contributed by atoms with Gasteiger partial charge in [-0.15, -0.1) is 0 Å². The molecular weight excluding hydrogens is 382 g/mol. The second-order valence-corrected chi connectivity index (χ2v) is 9.19. The smallest absolute Gasteiger partial charge is 0.328 e. The molecule has 1 aliphatic rings. The summed E-state index contributed by atoms with van der Waals surface area (Å²) in [7, 11) is 1.34. The minimum Gasteiger partial charge on any atom is -0.472 e. The Morgan fingerprint density at radius 3 is 2.53 bits per heavy atom. The molecule has 0 aliphatic carbocycles. The number of carbonyl (C=O) groups is 2. The van der Waals surface area contributed by atoms with Gasteiger partial charge in [-0.3, -0.25) is 4.79 Å². The van der Waals surface area contributed by atoms with Crippen molar-refractivity contribution in [1.82, 2.24) is 14.9 Å². The summed E-state index contributed by atoms with van der Waals surface area (Å²) in [5.41, 5.74) is 1.67. The molecule has 2 heterocycles. The summed E-state index contributed by atoms with van der Waals surface area (Å²) in [6.45, 7) is 12.1. The van der Waals surface area contributed by atoms with Crippen molar-refractivity contribution in [3.05, 3.63) is 29.6 Å². The third-order valence-corrected chi connectivity index (χ3v) is 5.89. The Labute approximate surface area is 177 Å². The first-order valence-corrected chi connectivity index (χ1v) is 10.3. The third kappa shape index (κ3) is 4.40. The molecule has 0 saturated carbocycles. The highest BCUT2D eigenvalue weighted by atomic mass is 16.5. The number of amides is 1. The standard InChI is InChI=1S/C23H31N3O4/c1-13-8-9-18-17(10-13)20(25-15(3)24-18)30-16-11-19(22(28)29-7)26(12-16)21(27)14(2)23(4,5)6/h8-10,14,16,19H,11-12H2,1-7H3/t14-,16-,19?/m1/s1. The molecule has 1 aromatic heterocycles. The number of rotatable bonds is 4. The fourth-order valence-electron chi connectivity index (χ4n) is 3.68. The maximum Gasteiger partial charge on any atom is 0.328 e. The molecule has 3 atom stereocenters. The fraction of sp³-hybridized carbons (Fsp3) is 0.565. The highest BCUT2D eigenvalue weighted by Gasteiger charge is 2.44. The number of aromatic nitrogens is 2. The molecule has 0 spiro atoms. The van der Waals surface area contributed by atoms with E-state index in [2.05, 4.69) is 9.97 Å². The van der Waals surface area contributed by atoms with Crippen LogP contribution < -0.4 is 4.74 Å². The number of carbonyl (C=O) groups excluding carboxylic acids is 2. The molecule has 162 valence electrons. The van der Waals surface area contributed by atoms with Crippen molar-refractivity contribution >= 4 is 22.8 Å². The van der Waals surface area contributed by atoms with Crippen molar-refractivity contribution in [3.8, 4) is 5.88 Å². The Bertz CT molecular complexity index is 967. The average molecular weight is 414 g/mol. The van der Waals surface area contributed by atoms with Gasteiger partial charge in [0.2, 0.25) is 11.8 Å². The lowest BCUT2D eigenvalue weighted by Gasteiger charge is -2.32. The van der Waals surface area contributed by atoms with Gasteiger partial charge >= 0.3 is 5.97 Å². The van der Waals surface area contributed by atoms with Gasteiger partial charge in [0, 0.05) is 12.3 Å². The fourth-order valence-corrected chi connectivity index (χ4v) is 3.68. The van der Waals surface area contributed by atoms with E-state index in [9.17, 15) is 9.59 Å². The van der Waals surface area contributed by atoms with Crippen LogP contribution in [0.3, 0.4) is 0 Å². The minimum atomic E-state index is -0.659. The summed E-state index contributed by atoms with van der Waals surface area (Å²) >= 11 is 0. The lowest BCUT2D eigenvalue weighted by molar-refractivity contribution is -0.153. The van der Waals surface area contributed by atoms with Crippen LogP contribution in [0.2, 0.25) is 0 Å². The number of ether oxygens (including phenoxy) is 2. The molecule has 30 heavy (non-hydrogen) atoms. The predicted molar refractivity (Wildman–Crippen MR) is 114 cm³/mol. The normalized spacial score (nSPS) is 20.3. The molecule has 1 amide bonds. The van der Waals surface area contributed by atoms with E-state index in [4.69, 9.17) is 9.47 Å². The number of aryl methyl sites for hydroxylation is 2. The zero-order valence-electron chi connectivity index (χ0n) is 18.9. The van der Waals surface area contributed by atoms with E-state index in [0.29, 0.717) is 24.7 Å². The van der Waals surface area contributed by atoms with E-state index in [1.807, 2.05) is 59.7 Å². The van der Waals surface area contributed by atoms with Crippen LogP contribution in [0.25, 0.3) is 10.9 Å². The topological polar surface area (TPSA) is 81.6 Å². The Morgan fingerprint density at radius 1 is 1.20 bits per heavy atom. The Morgan fingerprint density at radius 2 is 1.90 bits per heavy atom. The molecule has 2 aromatic rings. The number of likely N-dealkylation sites (tertiary alicyclic amines) is 1. The van der Waals surface area contributed by atoms with Crippen molar-refractivity contribution in [2.24, 2.45) is 11.3 Å². The van der Waals surface area contributed by atoms with E-state index >= 15 is 0 Å². The molecule has 0 radical (unpaired) electrons. The first-order valence-electron chi connectivity index (χ1n) is 10.3. The van der Waals surface area contributed by atoms with E-state index in [-0.39, 0.29) is 23.3 Å². The largest absolute Gasteiger partial charge is 0.472 e. The van der Waals surface area contributed by atoms with Crippen molar-refractivity contribution < 1.29 is 19.1 Å². The zero-order chi connectivity index (χ0) is 22.2. The van der Waals surface area contributed by atoms with Gasteiger partial charge in [-0.25, -0.2) is 9.78 Å². The van der Waals surface area contributed by atoms with Gasteiger partial charge in [0.25, 0.3) is 0 Å². The second kappa shape index (κ2) is 8.20. The number of hydrogen-bond donors (Lipinski definition) is 0. The van der Waals surface area contributed by atoms with Crippen molar-refractivity contribution in [2.75, 3.05) is 13.7 Å². The van der Waals surface area contributed by atoms with Crippen LogP contribution in [0, 0.1) is 25.2 Å². The molecule has 3 rings (SSSR count). The highest BCUT2D eigenvalue weighted by Crippen LogP contribution is 2.32. The summed E-state index contributed by atoms with van der Waals surface area (Å²) < 4.78 is 11.2. The Balaban J connectivity index is 1.90. The number of fused-ring (bicyclic) bond motifs is 1. The molecule has 1 aromatic carbocycles. The van der Waals surface area contributed by atoms with Gasteiger partial charge in [-0.1, -0.05) is 39.3 Å². The molecular formula is C23H31N3O4. The van der Waals surface area contributed by atoms with Gasteiger partial charge < -0.3 is 14.4 Å². The summed E-state index contributed by atoms with van der Waals surface area (Å²) in [6, 6.07) is 5.27. The molecule has 7 nitrogen and oxygen atoms in total. The summed E-state index contributed by atoms with van der Waals surface area (Å²) in [4.78, 5) is 36.1. The summed E-state index contributed by atoms with van der Waals surface area (Å²) in [6.07, 6.45) is 0.00858. The van der Waals surface area contributed by atoms with Crippen LogP contribution >= 0.6 is 0 Å². The van der Waals surface area contributed by atoms with Gasteiger partial charge in [-0.05, 0) is 31.4 Å². The highest BCUT2D eigenvalue weighted by molar-refractivity contribution is 5.87. The summed E-state index contributed by atoms with van der Waals surface area (Å²) in [5, 5.41) is 0.822. The number of benzene rings is 1. The molecule has 1 saturated heterocycles. The predicted octanol–water partition coefficient (Wildman–Crippen LogP) is 3.45. The zero-order valence-corrected chi connectivity index (χ0v) is 18.9. The SMILES string of the molecule is COC(=O)C1C[C@@H](Oc2nc(C)nc3ccc(C)cc23)CN1C(=O)[C@@H](C)C(C)(C)C. The maximum atomic E-state index is 13.2. The van der Waals surface area contributed by atoms with Crippen LogP contribution in [0.15, 0.2) is 18.2 Å². The quantitative estimate of drug-likeness (QED) is 0.714. The monoisotopic (exact) mass is 413 g/mol. The molecule has 7 heteroatoms. The average Bonchev–Trinajstić information content (AvgIpc) is 3.09.